The highest BCUT2D eigenvalue weighted by Gasteiger charge is 2.63. The van der Waals surface area contributed by atoms with Crippen LogP contribution in [0.15, 0.2) is 58.0 Å². The van der Waals surface area contributed by atoms with E-state index in [1.807, 2.05) is 42.1 Å². The number of nitrogens with one attached hydrogen (secondary N) is 5. The minimum absolute atomic E-state index is 0.0186. The van der Waals surface area contributed by atoms with Crippen molar-refractivity contribution in [1.29, 1.82) is 0 Å². The molecule has 0 saturated carbocycles. The predicted molar refractivity (Wildman–Crippen MR) is 149 cm³/mol. The van der Waals surface area contributed by atoms with Crippen LogP contribution in [0.4, 0.5) is 0 Å². The molecule has 0 bridgehead atoms. The maximum absolute atomic E-state index is 7.59. The summed E-state index contributed by atoms with van der Waals surface area (Å²) in [6, 6.07) is 0. The van der Waals surface area contributed by atoms with Crippen LogP contribution in [-0.2, 0) is 8.85 Å². The third-order valence-corrected chi connectivity index (χ3v) is 15.3. The monoisotopic (exact) mass is 559 g/mol. The zero-order chi connectivity index (χ0) is 22.7. The summed E-state index contributed by atoms with van der Waals surface area (Å²) in [6.45, 7) is 4.89. The normalized spacial score (nSPS) is 36.0. The van der Waals surface area contributed by atoms with E-state index >= 15 is 0 Å². The maximum Gasteiger partial charge on any atom is 0.369 e. The van der Waals surface area contributed by atoms with E-state index in [-0.39, 0.29) is 32.4 Å². The molecule has 0 saturated heterocycles. The first-order valence-corrected chi connectivity index (χ1v) is 17.9. The van der Waals surface area contributed by atoms with Crippen molar-refractivity contribution in [2.75, 3.05) is 6.61 Å². The Morgan fingerprint density at radius 3 is 1.70 bits per heavy atom. The van der Waals surface area contributed by atoms with E-state index in [0.717, 1.165) is 0 Å². The predicted octanol–water partition coefficient (Wildman–Crippen LogP) is 3.67. The minimum atomic E-state index is -2.74. The van der Waals surface area contributed by atoms with E-state index in [0.29, 0.717) is 6.61 Å². The van der Waals surface area contributed by atoms with Gasteiger partial charge in [-0.25, -0.2) is 0 Å². The van der Waals surface area contributed by atoms with Crippen LogP contribution in [0.25, 0.3) is 0 Å². The number of rotatable bonds is 10. The Balaban J connectivity index is 1.60. The topological polar surface area (TPSA) is 78.6 Å². The van der Waals surface area contributed by atoms with Crippen LogP contribution < -0.4 is 26.6 Å². The fourth-order valence-corrected chi connectivity index (χ4v) is 13.5. The van der Waals surface area contributed by atoms with E-state index in [4.69, 9.17) is 8.85 Å². The molecule has 0 spiro atoms. The minimum Gasteiger partial charge on any atom is -0.393 e. The van der Waals surface area contributed by atoms with Gasteiger partial charge in [0.15, 0.2) is 0 Å². The smallest absolute Gasteiger partial charge is 0.369 e. The van der Waals surface area contributed by atoms with E-state index in [1.54, 1.807) is 35.3 Å². The van der Waals surface area contributed by atoms with Gasteiger partial charge in [-0.15, -0.1) is 58.8 Å². The molecule has 0 aromatic heterocycles. The van der Waals surface area contributed by atoms with Crippen molar-refractivity contribution in [3.05, 3.63) is 58.0 Å². The van der Waals surface area contributed by atoms with Gasteiger partial charge in [-0.1, -0.05) is 0 Å². The average molecular weight is 560 g/mol. The Morgan fingerprint density at radius 2 is 1.27 bits per heavy atom. The van der Waals surface area contributed by atoms with Crippen LogP contribution >= 0.6 is 58.8 Å². The molecule has 6 unspecified atom stereocenters. The van der Waals surface area contributed by atoms with Crippen LogP contribution in [0.3, 0.4) is 0 Å². The third-order valence-electron chi connectivity index (χ3n) is 5.98. The lowest BCUT2D eigenvalue weighted by Crippen LogP contribution is -2.73. The second kappa shape index (κ2) is 10.7. The van der Waals surface area contributed by atoms with Gasteiger partial charge in [0.25, 0.3) is 0 Å². The quantitative estimate of drug-likeness (QED) is 0.254. The molecule has 5 heterocycles. The summed E-state index contributed by atoms with van der Waals surface area (Å²) in [5.41, 5.74) is -0.614. The van der Waals surface area contributed by atoms with Crippen molar-refractivity contribution < 1.29 is 8.85 Å². The Bertz CT molecular complexity index is 777. The standard InChI is InChI=1S/C20H29N5O2S5Si/c1-3-26-33(2,19-25-8-13-32-19)27-20(17-23-6-11-30-17,18-24-7-12-31-18)14(15-21-4-9-28-15)16-22-5-10-29-16/h4-19,21-25H,3H2,1-2H3. The van der Waals surface area contributed by atoms with Gasteiger partial charge in [0.1, 0.15) is 21.3 Å². The molecule has 5 N–H and O–H groups in total. The number of hydrogen-bond donors (Lipinski definition) is 5. The molecule has 33 heavy (non-hydrogen) atoms. The number of hydrogen-bond acceptors (Lipinski definition) is 12. The van der Waals surface area contributed by atoms with Crippen LogP contribution in [0.5, 0.6) is 0 Å². The van der Waals surface area contributed by atoms with Crippen LogP contribution in [-0.4, -0.2) is 47.3 Å². The van der Waals surface area contributed by atoms with Crippen molar-refractivity contribution >= 4 is 67.4 Å². The molecule has 0 aliphatic carbocycles. The number of thioether (sulfide) groups is 5. The molecular formula is C20H29N5O2S5Si. The molecule has 0 amide bonds. The van der Waals surface area contributed by atoms with Gasteiger partial charge < -0.3 is 35.4 Å². The lowest BCUT2D eigenvalue weighted by atomic mass is 9.85. The molecule has 0 radical (unpaired) electrons. The fourth-order valence-electron chi connectivity index (χ4n) is 4.66. The molecule has 13 heteroatoms. The molecular weight excluding hydrogens is 531 g/mol. The summed E-state index contributed by atoms with van der Waals surface area (Å²) in [4.78, 5) is 0.0841. The molecule has 0 aromatic carbocycles. The highest BCUT2D eigenvalue weighted by Crippen LogP contribution is 2.52. The SMILES string of the molecule is CCO[Si](C)(OC(C1NC=CS1)(C1NC=CS1)C(C1NC=CS1)C1NC=CS1)C1NC=CS1. The summed E-state index contributed by atoms with van der Waals surface area (Å²) in [5, 5.41) is 29.0. The van der Waals surface area contributed by atoms with Gasteiger partial charge in [0.05, 0.1) is 16.7 Å². The molecule has 5 aliphatic heterocycles. The first-order chi connectivity index (χ1) is 16.2. The van der Waals surface area contributed by atoms with E-state index < -0.39 is 14.2 Å². The molecule has 0 aromatic rings. The lowest BCUT2D eigenvalue weighted by Gasteiger charge is -2.54. The summed E-state index contributed by atoms with van der Waals surface area (Å²) < 4.78 is 14.1. The van der Waals surface area contributed by atoms with E-state index in [2.05, 4.69) is 79.5 Å². The summed E-state index contributed by atoms with van der Waals surface area (Å²) in [5.74, 6) is 0.0962. The van der Waals surface area contributed by atoms with Crippen LogP contribution in [0.1, 0.15) is 6.92 Å². The molecule has 5 aliphatic rings. The highest BCUT2D eigenvalue weighted by atomic mass is 32.2. The lowest BCUT2D eigenvalue weighted by molar-refractivity contribution is -0.0412. The Hall–Kier alpha value is -0.413. The summed E-state index contributed by atoms with van der Waals surface area (Å²) >= 11 is 9.00. The molecule has 6 atom stereocenters. The first-order valence-electron chi connectivity index (χ1n) is 10.8. The Morgan fingerprint density at radius 1 is 0.758 bits per heavy atom. The Labute approximate surface area is 217 Å². The third kappa shape index (κ3) is 4.71. The average Bonchev–Trinajstić information content (AvgIpc) is 3.67. The fraction of sp³-hybridized carbons (Fsp3) is 0.500. The molecule has 5 rings (SSSR count). The van der Waals surface area contributed by atoms with Gasteiger partial charge in [-0.05, 0) is 40.5 Å². The van der Waals surface area contributed by atoms with Gasteiger partial charge in [0, 0.05) is 37.6 Å². The van der Waals surface area contributed by atoms with Gasteiger partial charge in [-0.2, -0.15) is 0 Å². The van der Waals surface area contributed by atoms with Crippen molar-refractivity contribution in [3.8, 4) is 0 Å². The Kier molecular flexibility index (Phi) is 7.87. The van der Waals surface area contributed by atoms with Crippen molar-refractivity contribution in [2.45, 2.75) is 45.6 Å². The van der Waals surface area contributed by atoms with Crippen LogP contribution in [0.2, 0.25) is 6.55 Å². The molecule has 0 fully saturated rings. The van der Waals surface area contributed by atoms with Gasteiger partial charge in [0.2, 0.25) is 0 Å². The van der Waals surface area contributed by atoms with Gasteiger partial charge in [-0.3, -0.25) is 0 Å². The molecule has 180 valence electrons. The zero-order valence-corrected chi connectivity index (χ0v) is 23.4. The van der Waals surface area contributed by atoms with Crippen molar-refractivity contribution in [1.82, 2.24) is 26.6 Å². The van der Waals surface area contributed by atoms with Crippen molar-refractivity contribution in [2.24, 2.45) is 5.92 Å². The van der Waals surface area contributed by atoms with E-state index in [9.17, 15) is 0 Å². The second-order valence-corrected chi connectivity index (χ2v) is 16.6. The van der Waals surface area contributed by atoms with Gasteiger partial charge >= 0.3 is 8.56 Å². The van der Waals surface area contributed by atoms with Crippen molar-refractivity contribution in [3.63, 3.8) is 0 Å². The largest absolute Gasteiger partial charge is 0.393 e. The maximum atomic E-state index is 7.59. The zero-order valence-electron chi connectivity index (χ0n) is 18.3. The molecule has 7 nitrogen and oxygen atoms in total. The second-order valence-electron chi connectivity index (χ2n) is 7.94. The first kappa shape index (κ1) is 24.3. The summed E-state index contributed by atoms with van der Waals surface area (Å²) in [6.07, 6.45) is 10.2. The highest BCUT2D eigenvalue weighted by molar-refractivity contribution is 8.05. The van der Waals surface area contributed by atoms with E-state index in [1.165, 1.54) is 0 Å². The van der Waals surface area contributed by atoms with Crippen LogP contribution in [0, 0.1) is 5.92 Å². The summed E-state index contributed by atoms with van der Waals surface area (Å²) in [7, 11) is -2.74.